The molecule has 0 spiro atoms. The predicted molar refractivity (Wildman–Crippen MR) is 30.9 cm³/mol. The molecule has 0 aromatic carbocycles. The van der Waals surface area contributed by atoms with E-state index in [0.29, 0.717) is 25.3 Å². The summed E-state index contributed by atoms with van der Waals surface area (Å²) in [4.78, 5) is 29.5. The molecule has 0 aliphatic heterocycles. The van der Waals surface area contributed by atoms with Gasteiger partial charge in [0, 0.05) is 6.42 Å². The minimum Gasteiger partial charge on any atom is -0.303 e. The maximum atomic E-state index is 9.89. The zero-order valence-corrected chi connectivity index (χ0v) is 4.95. The molecule has 0 unspecified atom stereocenters. The lowest BCUT2D eigenvalue weighted by Crippen LogP contribution is -2.02. The van der Waals surface area contributed by atoms with E-state index in [0.717, 1.165) is 0 Å². The third kappa shape index (κ3) is 3.58. The lowest BCUT2D eigenvalue weighted by Gasteiger charge is -1.93. The zero-order valence-electron chi connectivity index (χ0n) is 4.95. The zero-order chi connectivity index (χ0) is 7.11. The van der Waals surface area contributed by atoms with Gasteiger partial charge >= 0.3 is 0 Å². The van der Waals surface area contributed by atoms with Gasteiger partial charge in [0.2, 0.25) is 0 Å². The van der Waals surface area contributed by atoms with Crippen molar-refractivity contribution in [2.45, 2.75) is 12.8 Å². The van der Waals surface area contributed by atoms with Crippen LogP contribution in [-0.4, -0.2) is 18.9 Å². The molecule has 0 heterocycles. The van der Waals surface area contributed by atoms with Crippen molar-refractivity contribution in [3.63, 3.8) is 0 Å². The Balaban J connectivity index is 3.41. The summed E-state index contributed by atoms with van der Waals surface area (Å²) in [7, 11) is 0. The summed E-state index contributed by atoms with van der Waals surface area (Å²) in [6.07, 6.45) is 2.42. The van der Waals surface area contributed by atoms with Crippen LogP contribution in [0.4, 0.5) is 0 Å². The summed E-state index contributed by atoms with van der Waals surface area (Å²) >= 11 is 0. The standard InChI is InChI=1S/C6H8O3/c7-3-1-2-6(4-8)5-9/h3-6H,1-2H2. The summed E-state index contributed by atoms with van der Waals surface area (Å²) in [6.45, 7) is 0. The number of carbonyl (C=O) groups is 3. The van der Waals surface area contributed by atoms with Crippen molar-refractivity contribution in [2.75, 3.05) is 0 Å². The molecule has 0 aliphatic carbocycles. The topological polar surface area (TPSA) is 51.2 Å². The van der Waals surface area contributed by atoms with Crippen molar-refractivity contribution in [3.8, 4) is 0 Å². The molecule has 0 aliphatic rings. The van der Waals surface area contributed by atoms with Gasteiger partial charge in [0.25, 0.3) is 0 Å². The van der Waals surface area contributed by atoms with Gasteiger partial charge in [-0.1, -0.05) is 0 Å². The molecule has 0 saturated carbocycles. The first-order chi connectivity index (χ1) is 4.35. The number of hydrogen-bond acceptors (Lipinski definition) is 3. The molecule has 0 atom stereocenters. The fraction of sp³-hybridized carbons (Fsp3) is 0.500. The number of aldehydes is 3. The van der Waals surface area contributed by atoms with Crippen LogP contribution in [0.3, 0.4) is 0 Å². The van der Waals surface area contributed by atoms with E-state index in [-0.39, 0.29) is 6.42 Å². The van der Waals surface area contributed by atoms with E-state index < -0.39 is 5.92 Å². The Morgan fingerprint density at radius 3 is 2.00 bits per heavy atom. The predicted octanol–water partition coefficient (Wildman–Crippen LogP) is -0.0205. The van der Waals surface area contributed by atoms with Crippen molar-refractivity contribution in [1.82, 2.24) is 0 Å². The molecule has 0 bridgehead atoms. The minimum atomic E-state index is -0.588. The third-order valence-electron chi connectivity index (χ3n) is 0.967. The Labute approximate surface area is 53.0 Å². The molecule has 50 valence electrons. The van der Waals surface area contributed by atoms with Crippen molar-refractivity contribution in [3.05, 3.63) is 0 Å². The van der Waals surface area contributed by atoms with E-state index in [4.69, 9.17) is 0 Å². The Morgan fingerprint density at radius 1 is 1.11 bits per heavy atom. The lowest BCUT2D eigenvalue weighted by molar-refractivity contribution is -0.119. The highest BCUT2D eigenvalue weighted by Gasteiger charge is 2.02. The summed E-state index contributed by atoms with van der Waals surface area (Å²) in [6, 6.07) is 0. The Morgan fingerprint density at radius 2 is 1.67 bits per heavy atom. The van der Waals surface area contributed by atoms with E-state index in [1.165, 1.54) is 0 Å². The van der Waals surface area contributed by atoms with Crippen LogP contribution >= 0.6 is 0 Å². The molecule has 0 radical (unpaired) electrons. The van der Waals surface area contributed by atoms with Crippen molar-refractivity contribution in [2.24, 2.45) is 5.92 Å². The maximum Gasteiger partial charge on any atom is 0.130 e. The summed E-state index contributed by atoms with van der Waals surface area (Å²) in [5, 5.41) is 0. The number of hydrogen-bond donors (Lipinski definition) is 0. The van der Waals surface area contributed by atoms with E-state index in [9.17, 15) is 14.4 Å². The maximum absolute atomic E-state index is 9.89. The van der Waals surface area contributed by atoms with Crippen LogP contribution in [0.2, 0.25) is 0 Å². The second kappa shape index (κ2) is 5.15. The van der Waals surface area contributed by atoms with Gasteiger partial charge in [-0.25, -0.2) is 0 Å². The van der Waals surface area contributed by atoms with Crippen LogP contribution in [0.15, 0.2) is 0 Å². The van der Waals surface area contributed by atoms with Crippen molar-refractivity contribution in [1.29, 1.82) is 0 Å². The highest BCUT2D eigenvalue weighted by Crippen LogP contribution is 1.96. The summed E-state index contributed by atoms with van der Waals surface area (Å²) < 4.78 is 0. The monoisotopic (exact) mass is 128 g/mol. The lowest BCUT2D eigenvalue weighted by atomic mass is 10.1. The van der Waals surface area contributed by atoms with Gasteiger partial charge in [-0.05, 0) is 6.42 Å². The van der Waals surface area contributed by atoms with Gasteiger partial charge in [0.05, 0.1) is 5.92 Å². The third-order valence-corrected chi connectivity index (χ3v) is 0.967. The molecule has 0 N–H and O–H groups in total. The fourth-order valence-electron chi connectivity index (χ4n) is 0.429. The van der Waals surface area contributed by atoms with Crippen LogP contribution in [0, 0.1) is 5.92 Å². The van der Waals surface area contributed by atoms with Crippen LogP contribution in [0.1, 0.15) is 12.8 Å². The van der Waals surface area contributed by atoms with Gasteiger partial charge in [-0.15, -0.1) is 0 Å². The highest BCUT2D eigenvalue weighted by molar-refractivity contribution is 5.77. The molecular weight excluding hydrogens is 120 g/mol. The molecule has 3 nitrogen and oxygen atoms in total. The van der Waals surface area contributed by atoms with Crippen molar-refractivity contribution >= 4 is 18.9 Å². The normalized spacial score (nSPS) is 9.00. The molecule has 0 aromatic heterocycles. The van der Waals surface area contributed by atoms with E-state index in [1.807, 2.05) is 0 Å². The Bertz CT molecular complexity index is 101. The first-order valence-electron chi connectivity index (χ1n) is 2.69. The second-order valence-corrected chi connectivity index (χ2v) is 1.68. The van der Waals surface area contributed by atoms with Crippen LogP contribution in [-0.2, 0) is 14.4 Å². The van der Waals surface area contributed by atoms with E-state index >= 15 is 0 Å². The summed E-state index contributed by atoms with van der Waals surface area (Å²) in [5.74, 6) is -0.588. The number of carbonyl (C=O) groups excluding carboxylic acids is 3. The average molecular weight is 128 g/mol. The van der Waals surface area contributed by atoms with Crippen LogP contribution in [0.5, 0.6) is 0 Å². The van der Waals surface area contributed by atoms with E-state index in [2.05, 4.69) is 0 Å². The highest BCUT2D eigenvalue weighted by atomic mass is 16.1. The smallest absolute Gasteiger partial charge is 0.130 e. The van der Waals surface area contributed by atoms with Gasteiger partial charge < -0.3 is 14.4 Å². The van der Waals surface area contributed by atoms with Gasteiger partial charge in [0.15, 0.2) is 0 Å². The Kier molecular flexibility index (Phi) is 4.59. The molecule has 9 heavy (non-hydrogen) atoms. The molecule has 0 saturated heterocycles. The van der Waals surface area contributed by atoms with Gasteiger partial charge in [0.1, 0.15) is 18.9 Å². The first-order valence-corrected chi connectivity index (χ1v) is 2.69. The van der Waals surface area contributed by atoms with Crippen LogP contribution < -0.4 is 0 Å². The second-order valence-electron chi connectivity index (χ2n) is 1.68. The largest absolute Gasteiger partial charge is 0.303 e. The molecule has 0 aromatic rings. The van der Waals surface area contributed by atoms with Gasteiger partial charge in [-0.3, -0.25) is 0 Å². The Hall–Kier alpha value is -0.990. The molecular formula is C6H8O3. The molecule has 0 rings (SSSR count). The molecule has 0 amide bonds. The van der Waals surface area contributed by atoms with Crippen LogP contribution in [0.25, 0.3) is 0 Å². The quantitative estimate of drug-likeness (QED) is 0.386. The molecule has 0 fully saturated rings. The number of rotatable bonds is 5. The van der Waals surface area contributed by atoms with E-state index in [1.54, 1.807) is 0 Å². The first kappa shape index (κ1) is 8.01. The average Bonchev–Trinajstić information content (AvgIpc) is 1.91. The SMILES string of the molecule is O=CCCC(C=O)C=O. The minimum absolute atomic E-state index is 0.280. The molecule has 3 heteroatoms. The van der Waals surface area contributed by atoms with Gasteiger partial charge in [-0.2, -0.15) is 0 Å². The fourth-order valence-corrected chi connectivity index (χ4v) is 0.429. The summed E-state index contributed by atoms with van der Waals surface area (Å²) in [5.41, 5.74) is 0. The van der Waals surface area contributed by atoms with Crippen molar-refractivity contribution < 1.29 is 14.4 Å².